The number of amides is 1. The lowest BCUT2D eigenvalue weighted by atomic mass is 10.4. The summed E-state index contributed by atoms with van der Waals surface area (Å²) >= 11 is 0. The van der Waals surface area contributed by atoms with Crippen LogP contribution in [-0.4, -0.2) is 24.1 Å². The van der Waals surface area contributed by atoms with Crippen molar-refractivity contribution in [1.29, 1.82) is 0 Å². The van der Waals surface area contributed by atoms with E-state index in [-0.39, 0.29) is 12.7 Å². The maximum absolute atomic E-state index is 11.1. The van der Waals surface area contributed by atoms with Gasteiger partial charge in [0.2, 0.25) is 0 Å². The van der Waals surface area contributed by atoms with E-state index in [9.17, 15) is 4.79 Å². The number of carbonyl (C=O) groups is 1. The molecule has 1 aliphatic heterocycles. The fourth-order valence-corrected chi connectivity index (χ4v) is 0.816. The van der Waals surface area contributed by atoms with E-state index in [1.54, 1.807) is 18.4 Å². The molecule has 0 saturated heterocycles. The van der Waals surface area contributed by atoms with Gasteiger partial charge in [-0.1, -0.05) is 24.8 Å². The summed E-state index contributed by atoms with van der Waals surface area (Å²) in [5, 5.41) is 0. The SMILES string of the molecule is C=CCOC(=O)N1C=CC=CC1. The molecule has 0 fully saturated rings. The Morgan fingerprint density at radius 2 is 2.50 bits per heavy atom. The van der Waals surface area contributed by atoms with Gasteiger partial charge in [-0.25, -0.2) is 4.79 Å². The minimum Gasteiger partial charge on any atom is -0.445 e. The highest BCUT2D eigenvalue weighted by molar-refractivity contribution is 5.69. The molecule has 0 bridgehead atoms. The Balaban J connectivity index is 2.37. The van der Waals surface area contributed by atoms with Crippen molar-refractivity contribution in [3.05, 3.63) is 37.1 Å². The predicted molar refractivity (Wildman–Crippen MR) is 46.5 cm³/mol. The van der Waals surface area contributed by atoms with Crippen LogP contribution in [0.25, 0.3) is 0 Å². The maximum atomic E-state index is 11.1. The van der Waals surface area contributed by atoms with E-state index in [4.69, 9.17) is 4.74 Å². The molecule has 1 rings (SSSR count). The smallest absolute Gasteiger partial charge is 0.414 e. The molecule has 64 valence electrons. The summed E-state index contributed by atoms with van der Waals surface area (Å²) in [6, 6.07) is 0. The van der Waals surface area contributed by atoms with Crippen molar-refractivity contribution in [3.8, 4) is 0 Å². The fourth-order valence-electron chi connectivity index (χ4n) is 0.816. The number of carbonyl (C=O) groups excluding carboxylic acids is 1. The van der Waals surface area contributed by atoms with Gasteiger partial charge < -0.3 is 4.74 Å². The molecule has 0 N–H and O–H groups in total. The Morgan fingerprint density at radius 3 is 3.08 bits per heavy atom. The zero-order chi connectivity index (χ0) is 8.81. The molecule has 0 radical (unpaired) electrons. The van der Waals surface area contributed by atoms with E-state index in [2.05, 4.69) is 6.58 Å². The fraction of sp³-hybridized carbons (Fsp3) is 0.222. The van der Waals surface area contributed by atoms with Crippen LogP contribution in [0.3, 0.4) is 0 Å². The predicted octanol–water partition coefficient (Wildman–Crippen LogP) is 1.69. The molecule has 0 saturated carbocycles. The molecule has 0 aromatic heterocycles. The first-order valence-electron chi connectivity index (χ1n) is 3.72. The van der Waals surface area contributed by atoms with E-state index in [1.165, 1.54) is 4.90 Å². The van der Waals surface area contributed by atoms with Crippen LogP contribution in [0.15, 0.2) is 37.1 Å². The summed E-state index contributed by atoms with van der Waals surface area (Å²) in [5.41, 5.74) is 0. The highest BCUT2D eigenvalue weighted by Gasteiger charge is 2.10. The number of allylic oxidation sites excluding steroid dienone is 2. The third kappa shape index (κ3) is 2.27. The minimum absolute atomic E-state index is 0.257. The number of ether oxygens (including phenoxy) is 1. The Labute approximate surface area is 71.6 Å². The van der Waals surface area contributed by atoms with Crippen LogP contribution in [0.2, 0.25) is 0 Å². The molecule has 0 spiro atoms. The van der Waals surface area contributed by atoms with Gasteiger partial charge in [-0.2, -0.15) is 0 Å². The van der Waals surface area contributed by atoms with Gasteiger partial charge in [0.25, 0.3) is 0 Å². The summed E-state index contributed by atoms with van der Waals surface area (Å²) in [5.74, 6) is 0. The van der Waals surface area contributed by atoms with Crippen molar-refractivity contribution in [2.75, 3.05) is 13.2 Å². The Bertz CT molecular complexity index is 231. The van der Waals surface area contributed by atoms with Gasteiger partial charge in [-0.15, -0.1) is 0 Å². The monoisotopic (exact) mass is 165 g/mol. The van der Waals surface area contributed by atoms with Crippen molar-refractivity contribution >= 4 is 6.09 Å². The maximum Gasteiger partial charge on any atom is 0.414 e. The number of hydrogen-bond acceptors (Lipinski definition) is 2. The van der Waals surface area contributed by atoms with E-state index in [0.717, 1.165) is 0 Å². The summed E-state index contributed by atoms with van der Waals surface area (Å²) in [6.45, 7) is 4.28. The first kappa shape index (κ1) is 8.59. The van der Waals surface area contributed by atoms with Gasteiger partial charge in [-0.3, -0.25) is 4.90 Å². The first-order valence-corrected chi connectivity index (χ1v) is 3.72. The van der Waals surface area contributed by atoms with Gasteiger partial charge in [0.15, 0.2) is 0 Å². The molecular weight excluding hydrogens is 154 g/mol. The number of nitrogens with zero attached hydrogens (tertiary/aromatic N) is 1. The topological polar surface area (TPSA) is 29.5 Å². The van der Waals surface area contributed by atoms with Crippen LogP contribution in [0, 0.1) is 0 Å². The third-order valence-corrected chi connectivity index (χ3v) is 1.37. The molecule has 12 heavy (non-hydrogen) atoms. The van der Waals surface area contributed by atoms with Gasteiger partial charge in [0, 0.05) is 12.7 Å². The van der Waals surface area contributed by atoms with E-state index >= 15 is 0 Å². The van der Waals surface area contributed by atoms with Crippen LogP contribution in [-0.2, 0) is 4.74 Å². The molecule has 1 heterocycles. The molecule has 1 amide bonds. The lowest BCUT2D eigenvalue weighted by Gasteiger charge is -2.16. The Kier molecular flexibility index (Phi) is 3.14. The molecule has 0 unspecified atom stereocenters. The standard InChI is InChI=1S/C9H11NO2/c1-2-8-12-9(11)10-6-4-3-5-7-10/h2-6H,1,7-8H2. The zero-order valence-corrected chi connectivity index (χ0v) is 6.77. The van der Waals surface area contributed by atoms with Gasteiger partial charge >= 0.3 is 6.09 Å². The summed E-state index contributed by atoms with van der Waals surface area (Å²) in [4.78, 5) is 12.6. The summed E-state index contributed by atoms with van der Waals surface area (Å²) in [7, 11) is 0. The quantitative estimate of drug-likeness (QED) is 0.583. The number of hydrogen-bond donors (Lipinski definition) is 0. The summed E-state index contributed by atoms with van der Waals surface area (Å²) < 4.78 is 4.81. The van der Waals surface area contributed by atoms with Crippen LogP contribution in [0.4, 0.5) is 4.79 Å². The van der Waals surface area contributed by atoms with E-state index < -0.39 is 0 Å². The molecule has 1 aliphatic rings. The second-order valence-electron chi connectivity index (χ2n) is 2.29. The average Bonchev–Trinajstić information content (AvgIpc) is 2.15. The molecule has 3 heteroatoms. The first-order chi connectivity index (χ1) is 5.84. The van der Waals surface area contributed by atoms with Crippen LogP contribution >= 0.6 is 0 Å². The molecule has 0 atom stereocenters. The molecular formula is C9H11NO2. The normalized spacial score (nSPS) is 14.5. The van der Waals surface area contributed by atoms with Crippen molar-refractivity contribution < 1.29 is 9.53 Å². The van der Waals surface area contributed by atoms with Gasteiger partial charge in [-0.05, 0) is 6.08 Å². The summed E-state index contributed by atoms with van der Waals surface area (Å²) in [6.07, 6.45) is 8.45. The largest absolute Gasteiger partial charge is 0.445 e. The number of rotatable bonds is 2. The van der Waals surface area contributed by atoms with Crippen molar-refractivity contribution in [2.24, 2.45) is 0 Å². The highest BCUT2D eigenvalue weighted by atomic mass is 16.6. The lowest BCUT2D eigenvalue weighted by Crippen LogP contribution is -2.27. The van der Waals surface area contributed by atoms with Gasteiger partial charge in [0.05, 0.1) is 0 Å². The van der Waals surface area contributed by atoms with Crippen LogP contribution < -0.4 is 0 Å². The van der Waals surface area contributed by atoms with Crippen molar-refractivity contribution in [2.45, 2.75) is 0 Å². The third-order valence-electron chi connectivity index (χ3n) is 1.37. The van der Waals surface area contributed by atoms with E-state index in [0.29, 0.717) is 6.54 Å². The zero-order valence-electron chi connectivity index (χ0n) is 6.77. The van der Waals surface area contributed by atoms with Gasteiger partial charge in [0.1, 0.15) is 6.61 Å². The van der Waals surface area contributed by atoms with Crippen molar-refractivity contribution in [3.63, 3.8) is 0 Å². The molecule has 0 aromatic rings. The van der Waals surface area contributed by atoms with E-state index in [1.807, 2.05) is 12.2 Å². The molecule has 0 aromatic carbocycles. The molecule has 3 nitrogen and oxygen atoms in total. The Morgan fingerprint density at radius 1 is 1.67 bits per heavy atom. The Hall–Kier alpha value is -1.51. The second-order valence-corrected chi connectivity index (χ2v) is 2.29. The van der Waals surface area contributed by atoms with Crippen molar-refractivity contribution in [1.82, 2.24) is 4.90 Å². The highest BCUT2D eigenvalue weighted by Crippen LogP contribution is 2.00. The molecule has 0 aliphatic carbocycles. The second kappa shape index (κ2) is 4.38. The average molecular weight is 165 g/mol. The van der Waals surface area contributed by atoms with Crippen LogP contribution in [0.5, 0.6) is 0 Å². The minimum atomic E-state index is -0.337. The lowest BCUT2D eigenvalue weighted by molar-refractivity contribution is 0.131. The van der Waals surface area contributed by atoms with Crippen LogP contribution in [0.1, 0.15) is 0 Å².